The highest BCUT2D eigenvalue weighted by Crippen LogP contribution is 2.26. The van der Waals surface area contributed by atoms with Crippen LogP contribution in [0.1, 0.15) is 28.4 Å². The van der Waals surface area contributed by atoms with E-state index in [-0.39, 0.29) is 10.5 Å². The second-order valence-electron chi connectivity index (χ2n) is 8.66. The number of halogens is 1. The lowest BCUT2D eigenvalue weighted by atomic mass is 10.1. The van der Waals surface area contributed by atoms with Crippen molar-refractivity contribution in [2.24, 2.45) is 0 Å². The van der Waals surface area contributed by atoms with Crippen molar-refractivity contribution in [2.45, 2.75) is 25.7 Å². The minimum absolute atomic E-state index is 0.110. The van der Waals surface area contributed by atoms with E-state index in [1.54, 1.807) is 24.3 Å². The number of carbonyl (C=O) groups excluding carboxylic acids is 1. The van der Waals surface area contributed by atoms with E-state index in [9.17, 15) is 17.6 Å². The Labute approximate surface area is 211 Å². The van der Waals surface area contributed by atoms with Crippen molar-refractivity contribution in [3.05, 3.63) is 83.2 Å². The van der Waals surface area contributed by atoms with Gasteiger partial charge in [-0.25, -0.2) is 12.8 Å². The summed E-state index contributed by atoms with van der Waals surface area (Å²) in [6.07, 6.45) is 0. The molecule has 3 aromatic carbocycles. The number of nitrogens with one attached hydrogen (secondary N) is 1. The molecule has 1 aliphatic rings. The molecule has 4 rings (SSSR count). The average Bonchev–Trinajstić information content (AvgIpc) is 2.87. The third-order valence-electron chi connectivity index (χ3n) is 6.40. The van der Waals surface area contributed by atoms with Crippen LogP contribution in [0.2, 0.25) is 0 Å². The van der Waals surface area contributed by atoms with Crippen LogP contribution in [0.4, 0.5) is 15.8 Å². The van der Waals surface area contributed by atoms with Gasteiger partial charge in [-0.05, 0) is 80.4 Å². The maximum absolute atomic E-state index is 14.5. The Bertz CT molecular complexity index is 1350. The van der Waals surface area contributed by atoms with E-state index in [1.165, 1.54) is 21.5 Å². The van der Waals surface area contributed by atoms with Gasteiger partial charge >= 0.3 is 0 Å². The summed E-state index contributed by atoms with van der Waals surface area (Å²) in [5.74, 6) is -0.877. The predicted octanol–water partition coefficient (Wildman–Crippen LogP) is 4.60. The van der Waals surface area contributed by atoms with Gasteiger partial charge in [0.25, 0.3) is 5.91 Å². The Morgan fingerprint density at radius 2 is 1.69 bits per heavy atom. The standard InChI is InChI=1S/C27H30FN3O4S/c1-4-35-22-10-8-21(9-11-22)29-27(32)24-18-23(12-13-25(24)28)36(33,34)31-16-14-30(15-17-31)26-7-5-6-19(2)20(26)3/h5-13,18H,4,14-17H2,1-3H3,(H,29,32). The van der Waals surface area contributed by atoms with Crippen LogP contribution in [0, 0.1) is 19.7 Å². The van der Waals surface area contributed by atoms with Gasteiger partial charge < -0.3 is 15.0 Å². The van der Waals surface area contributed by atoms with Crippen molar-refractivity contribution < 1.29 is 22.3 Å². The van der Waals surface area contributed by atoms with Gasteiger partial charge in [0.15, 0.2) is 0 Å². The zero-order valence-electron chi connectivity index (χ0n) is 20.6. The number of anilines is 2. The van der Waals surface area contributed by atoms with E-state index in [4.69, 9.17) is 4.74 Å². The molecule has 1 amide bonds. The van der Waals surface area contributed by atoms with Gasteiger partial charge in [-0.2, -0.15) is 4.31 Å². The van der Waals surface area contributed by atoms with Crippen molar-refractivity contribution in [3.63, 3.8) is 0 Å². The van der Waals surface area contributed by atoms with Crippen molar-refractivity contribution in [2.75, 3.05) is 43.0 Å². The molecule has 0 atom stereocenters. The lowest BCUT2D eigenvalue weighted by Crippen LogP contribution is -2.48. The van der Waals surface area contributed by atoms with Crippen LogP contribution in [0.15, 0.2) is 65.6 Å². The summed E-state index contributed by atoms with van der Waals surface area (Å²) in [5.41, 5.74) is 3.57. The Balaban J connectivity index is 1.48. The summed E-state index contributed by atoms with van der Waals surface area (Å²) in [4.78, 5) is 14.8. The van der Waals surface area contributed by atoms with Gasteiger partial charge in [0, 0.05) is 37.6 Å². The van der Waals surface area contributed by atoms with E-state index in [0.717, 1.165) is 17.8 Å². The highest BCUT2D eigenvalue weighted by molar-refractivity contribution is 7.89. The first kappa shape index (κ1) is 25.7. The molecule has 7 nitrogen and oxygen atoms in total. The monoisotopic (exact) mass is 511 g/mol. The van der Waals surface area contributed by atoms with E-state index >= 15 is 0 Å². The molecule has 1 N–H and O–H groups in total. The first-order valence-corrected chi connectivity index (χ1v) is 13.3. The van der Waals surface area contributed by atoms with Gasteiger partial charge in [-0.1, -0.05) is 12.1 Å². The van der Waals surface area contributed by atoms with Crippen molar-refractivity contribution in [3.8, 4) is 5.75 Å². The van der Waals surface area contributed by atoms with Gasteiger partial charge in [0.05, 0.1) is 17.1 Å². The molecular weight excluding hydrogens is 481 g/mol. The Hall–Kier alpha value is -3.43. The first-order valence-electron chi connectivity index (χ1n) is 11.9. The Morgan fingerprint density at radius 1 is 1.00 bits per heavy atom. The summed E-state index contributed by atoms with van der Waals surface area (Å²) >= 11 is 0. The lowest BCUT2D eigenvalue weighted by molar-refractivity contribution is 0.102. The second kappa shape index (κ2) is 10.7. The highest BCUT2D eigenvalue weighted by Gasteiger charge is 2.30. The predicted molar refractivity (Wildman–Crippen MR) is 139 cm³/mol. The molecule has 36 heavy (non-hydrogen) atoms. The fourth-order valence-corrected chi connectivity index (χ4v) is 5.68. The van der Waals surface area contributed by atoms with Crippen LogP contribution in [0.5, 0.6) is 5.75 Å². The fourth-order valence-electron chi connectivity index (χ4n) is 4.24. The van der Waals surface area contributed by atoms with Crippen LogP contribution < -0.4 is 15.0 Å². The smallest absolute Gasteiger partial charge is 0.258 e. The number of rotatable bonds is 7. The molecule has 0 unspecified atom stereocenters. The molecule has 190 valence electrons. The largest absolute Gasteiger partial charge is 0.494 e. The summed E-state index contributed by atoms with van der Waals surface area (Å²) in [5, 5.41) is 2.61. The van der Waals surface area contributed by atoms with Gasteiger partial charge in [0.1, 0.15) is 11.6 Å². The van der Waals surface area contributed by atoms with Crippen molar-refractivity contribution in [1.29, 1.82) is 0 Å². The summed E-state index contributed by atoms with van der Waals surface area (Å²) < 4.78 is 48.0. The van der Waals surface area contributed by atoms with Crippen LogP contribution in [0.3, 0.4) is 0 Å². The van der Waals surface area contributed by atoms with E-state index < -0.39 is 21.7 Å². The molecule has 1 aliphatic heterocycles. The maximum atomic E-state index is 14.5. The number of hydrogen-bond acceptors (Lipinski definition) is 5. The van der Waals surface area contributed by atoms with Crippen LogP contribution >= 0.6 is 0 Å². The molecule has 0 radical (unpaired) electrons. The van der Waals surface area contributed by atoms with E-state index in [0.29, 0.717) is 44.2 Å². The number of benzene rings is 3. The summed E-state index contributed by atoms with van der Waals surface area (Å²) in [6.45, 7) is 8.15. The quantitative estimate of drug-likeness (QED) is 0.502. The van der Waals surface area contributed by atoms with Crippen molar-refractivity contribution in [1.82, 2.24) is 4.31 Å². The molecule has 1 fully saturated rings. The number of hydrogen-bond donors (Lipinski definition) is 1. The number of carbonyl (C=O) groups is 1. The maximum Gasteiger partial charge on any atom is 0.258 e. The number of aryl methyl sites for hydroxylation is 1. The highest BCUT2D eigenvalue weighted by atomic mass is 32.2. The molecule has 0 aliphatic carbocycles. The Morgan fingerprint density at radius 3 is 2.36 bits per heavy atom. The molecule has 0 spiro atoms. The molecule has 1 heterocycles. The van der Waals surface area contributed by atoms with Crippen LogP contribution in [0.25, 0.3) is 0 Å². The lowest BCUT2D eigenvalue weighted by Gasteiger charge is -2.36. The molecule has 0 saturated carbocycles. The van der Waals surface area contributed by atoms with E-state index in [2.05, 4.69) is 30.1 Å². The zero-order valence-corrected chi connectivity index (χ0v) is 21.4. The molecule has 9 heteroatoms. The van der Waals surface area contributed by atoms with Gasteiger partial charge in [-0.3, -0.25) is 4.79 Å². The van der Waals surface area contributed by atoms with Gasteiger partial charge in [-0.15, -0.1) is 0 Å². The number of ether oxygens (including phenoxy) is 1. The number of piperazine rings is 1. The fraction of sp³-hybridized carbons (Fsp3) is 0.296. The first-order chi connectivity index (χ1) is 17.2. The third kappa shape index (κ3) is 5.37. The van der Waals surface area contributed by atoms with E-state index in [1.807, 2.05) is 19.1 Å². The zero-order chi connectivity index (χ0) is 25.9. The Kier molecular flexibility index (Phi) is 7.61. The minimum atomic E-state index is -3.90. The number of amides is 1. The average molecular weight is 512 g/mol. The third-order valence-corrected chi connectivity index (χ3v) is 8.29. The molecule has 0 aromatic heterocycles. The van der Waals surface area contributed by atoms with Crippen LogP contribution in [-0.4, -0.2) is 51.4 Å². The number of sulfonamides is 1. The number of nitrogens with zero attached hydrogens (tertiary/aromatic N) is 2. The van der Waals surface area contributed by atoms with Gasteiger partial charge in [0.2, 0.25) is 10.0 Å². The topological polar surface area (TPSA) is 78.9 Å². The molecule has 0 bridgehead atoms. The van der Waals surface area contributed by atoms with Crippen molar-refractivity contribution >= 4 is 27.3 Å². The molecule has 3 aromatic rings. The molecular formula is C27H30FN3O4S. The second-order valence-corrected chi connectivity index (χ2v) is 10.6. The summed E-state index contributed by atoms with van der Waals surface area (Å²) in [7, 11) is -3.90. The normalized spacial score (nSPS) is 14.5. The summed E-state index contributed by atoms with van der Waals surface area (Å²) in [6, 6.07) is 16.1. The SMILES string of the molecule is CCOc1ccc(NC(=O)c2cc(S(=O)(=O)N3CCN(c4cccc(C)c4C)CC3)ccc2F)cc1. The molecule has 1 saturated heterocycles. The minimum Gasteiger partial charge on any atom is -0.494 e. The van der Waals surface area contributed by atoms with Crippen LogP contribution in [-0.2, 0) is 10.0 Å².